The van der Waals surface area contributed by atoms with E-state index in [-0.39, 0.29) is 5.54 Å². The summed E-state index contributed by atoms with van der Waals surface area (Å²) in [6.45, 7) is 16.8. The summed E-state index contributed by atoms with van der Waals surface area (Å²) in [5.41, 5.74) is 6.29. The summed E-state index contributed by atoms with van der Waals surface area (Å²) in [6, 6.07) is 0. The lowest BCUT2D eigenvalue weighted by molar-refractivity contribution is 0.406. The highest BCUT2D eigenvalue weighted by atomic mass is 14.9. The average molecular weight is 207 g/mol. The van der Waals surface area contributed by atoms with Gasteiger partial charge in [0, 0.05) is 18.0 Å². The number of nitrogens with one attached hydrogen (secondary N) is 1. The van der Waals surface area contributed by atoms with Crippen LogP contribution in [0.25, 0.3) is 0 Å². The molecule has 1 heteroatoms. The van der Waals surface area contributed by atoms with Gasteiger partial charge >= 0.3 is 0 Å². The first kappa shape index (κ1) is 12.5. The summed E-state index contributed by atoms with van der Waals surface area (Å²) in [7, 11) is 0. The molecule has 1 aliphatic rings. The Labute approximate surface area is 94.6 Å². The Balaban J connectivity index is 2.73. The molecule has 0 saturated heterocycles. The van der Waals surface area contributed by atoms with Gasteiger partial charge < -0.3 is 5.32 Å². The van der Waals surface area contributed by atoms with Gasteiger partial charge in [0.2, 0.25) is 0 Å². The smallest absolute Gasteiger partial charge is 0.0138 e. The molecule has 0 heterocycles. The molecule has 1 rings (SSSR count). The molecular weight excluding hydrogens is 182 g/mol. The van der Waals surface area contributed by atoms with Crippen LogP contribution >= 0.6 is 0 Å². The van der Waals surface area contributed by atoms with Crippen LogP contribution in [0, 0.1) is 5.92 Å². The third-order valence-electron chi connectivity index (χ3n) is 3.63. The minimum absolute atomic E-state index is 0.213. The second-order valence-electron chi connectivity index (χ2n) is 5.80. The maximum absolute atomic E-state index is 3.60. The maximum atomic E-state index is 3.60. The van der Waals surface area contributed by atoms with E-state index in [0.717, 1.165) is 6.54 Å². The van der Waals surface area contributed by atoms with Gasteiger partial charge in [0.1, 0.15) is 0 Å². The number of hydrogen-bond donors (Lipinski definition) is 1. The SMILES string of the molecule is CC1=C(C)C(CNC(C)(C)C)C(C)=C1C. The lowest BCUT2D eigenvalue weighted by Crippen LogP contribution is -2.39. The molecule has 0 fully saturated rings. The van der Waals surface area contributed by atoms with Crippen LogP contribution < -0.4 is 5.32 Å². The zero-order valence-corrected chi connectivity index (χ0v) is 11.3. The summed E-state index contributed by atoms with van der Waals surface area (Å²) in [4.78, 5) is 0. The molecule has 15 heavy (non-hydrogen) atoms. The van der Waals surface area contributed by atoms with Crippen molar-refractivity contribution >= 4 is 0 Å². The van der Waals surface area contributed by atoms with Crippen molar-refractivity contribution in [1.82, 2.24) is 5.32 Å². The van der Waals surface area contributed by atoms with Crippen LogP contribution in [0.4, 0.5) is 0 Å². The van der Waals surface area contributed by atoms with E-state index in [1.54, 1.807) is 11.1 Å². The van der Waals surface area contributed by atoms with Crippen molar-refractivity contribution in [3.63, 3.8) is 0 Å². The van der Waals surface area contributed by atoms with Gasteiger partial charge in [-0.2, -0.15) is 0 Å². The lowest BCUT2D eigenvalue weighted by atomic mass is 9.95. The third-order valence-corrected chi connectivity index (χ3v) is 3.63. The van der Waals surface area contributed by atoms with Gasteiger partial charge in [-0.25, -0.2) is 0 Å². The molecule has 86 valence electrons. The molecule has 0 aromatic rings. The molecule has 1 aliphatic carbocycles. The zero-order valence-electron chi connectivity index (χ0n) is 11.3. The third kappa shape index (κ3) is 2.72. The quantitative estimate of drug-likeness (QED) is 0.728. The minimum atomic E-state index is 0.213. The minimum Gasteiger partial charge on any atom is -0.311 e. The predicted molar refractivity (Wildman–Crippen MR) is 68.0 cm³/mol. The molecule has 1 N–H and O–H groups in total. The molecule has 0 radical (unpaired) electrons. The fourth-order valence-corrected chi connectivity index (χ4v) is 2.15. The highest BCUT2D eigenvalue weighted by molar-refractivity contribution is 5.46. The topological polar surface area (TPSA) is 12.0 Å². The van der Waals surface area contributed by atoms with E-state index in [1.807, 2.05) is 0 Å². The van der Waals surface area contributed by atoms with Crippen LogP contribution in [0.1, 0.15) is 48.5 Å². The Morgan fingerprint density at radius 2 is 1.33 bits per heavy atom. The van der Waals surface area contributed by atoms with Crippen LogP contribution in [0.3, 0.4) is 0 Å². The second-order valence-corrected chi connectivity index (χ2v) is 5.80. The summed E-state index contributed by atoms with van der Waals surface area (Å²) in [5, 5.41) is 3.60. The highest BCUT2D eigenvalue weighted by Gasteiger charge is 2.25. The average Bonchev–Trinajstić information content (AvgIpc) is 2.28. The van der Waals surface area contributed by atoms with Crippen molar-refractivity contribution in [3.8, 4) is 0 Å². The van der Waals surface area contributed by atoms with Gasteiger partial charge in [0.15, 0.2) is 0 Å². The van der Waals surface area contributed by atoms with Gasteiger partial charge in [-0.1, -0.05) is 11.1 Å². The van der Waals surface area contributed by atoms with Crippen LogP contribution in [0.5, 0.6) is 0 Å². The van der Waals surface area contributed by atoms with Crippen molar-refractivity contribution in [1.29, 1.82) is 0 Å². The van der Waals surface area contributed by atoms with E-state index in [2.05, 4.69) is 53.8 Å². The van der Waals surface area contributed by atoms with E-state index in [0.29, 0.717) is 5.92 Å². The molecule has 0 aliphatic heterocycles. The Morgan fingerprint density at radius 3 is 1.67 bits per heavy atom. The Morgan fingerprint density at radius 1 is 0.933 bits per heavy atom. The van der Waals surface area contributed by atoms with Gasteiger partial charge in [-0.15, -0.1) is 0 Å². The molecule has 0 unspecified atom stereocenters. The van der Waals surface area contributed by atoms with Crippen molar-refractivity contribution in [2.24, 2.45) is 5.92 Å². The Bertz CT molecular complexity index is 289. The molecule has 0 bridgehead atoms. The summed E-state index contributed by atoms with van der Waals surface area (Å²) < 4.78 is 0. The second kappa shape index (κ2) is 4.13. The fourth-order valence-electron chi connectivity index (χ4n) is 2.15. The van der Waals surface area contributed by atoms with Crippen molar-refractivity contribution in [2.75, 3.05) is 6.54 Å². The molecule has 0 atom stereocenters. The number of hydrogen-bond acceptors (Lipinski definition) is 1. The number of allylic oxidation sites excluding steroid dienone is 2. The maximum Gasteiger partial charge on any atom is 0.0138 e. The summed E-state index contributed by atoms with van der Waals surface area (Å²) >= 11 is 0. The molecule has 0 saturated carbocycles. The summed E-state index contributed by atoms with van der Waals surface area (Å²) in [6.07, 6.45) is 0. The van der Waals surface area contributed by atoms with E-state index < -0.39 is 0 Å². The summed E-state index contributed by atoms with van der Waals surface area (Å²) in [5.74, 6) is 0.615. The predicted octanol–water partition coefficient (Wildman–Crippen LogP) is 3.68. The van der Waals surface area contributed by atoms with Gasteiger partial charge in [0.25, 0.3) is 0 Å². The normalized spacial score (nSPS) is 19.4. The molecular formula is C14H25N. The largest absolute Gasteiger partial charge is 0.311 e. The molecule has 0 spiro atoms. The first-order chi connectivity index (χ1) is 6.74. The van der Waals surface area contributed by atoms with E-state index in [4.69, 9.17) is 0 Å². The monoisotopic (exact) mass is 207 g/mol. The van der Waals surface area contributed by atoms with Gasteiger partial charge in [-0.3, -0.25) is 0 Å². The first-order valence-electron chi connectivity index (χ1n) is 5.84. The van der Waals surface area contributed by atoms with Crippen molar-refractivity contribution in [2.45, 2.75) is 54.0 Å². The van der Waals surface area contributed by atoms with Crippen LogP contribution in [0.15, 0.2) is 22.3 Å². The molecule has 0 aromatic carbocycles. The molecule has 0 amide bonds. The lowest BCUT2D eigenvalue weighted by Gasteiger charge is -2.25. The standard InChI is InChI=1S/C14H25N/c1-9-10(2)12(4)13(11(9)3)8-15-14(5,6)7/h13,15H,8H2,1-7H3. The molecule has 1 nitrogen and oxygen atoms in total. The number of rotatable bonds is 2. The van der Waals surface area contributed by atoms with E-state index in [9.17, 15) is 0 Å². The highest BCUT2D eigenvalue weighted by Crippen LogP contribution is 2.36. The first-order valence-corrected chi connectivity index (χ1v) is 5.84. The Kier molecular flexibility index (Phi) is 3.44. The van der Waals surface area contributed by atoms with Crippen molar-refractivity contribution < 1.29 is 0 Å². The zero-order chi connectivity index (χ0) is 11.8. The van der Waals surface area contributed by atoms with Crippen LogP contribution in [-0.2, 0) is 0 Å². The van der Waals surface area contributed by atoms with Crippen LogP contribution in [-0.4, -0.2) is 12.1 Å². The molecule has 0 aromatic heterocycles. The Hall–Kier alpha value is -0.560. The van der Waals surface area contributed by atoms with Crippen LogP contribution in [0.2, 0.25) is 0 Å². The van der Waals surface area contributed by atoms with Crippen molar-refractivity contribution in [3.05, 3.63) is 22.3 Å². The fraction of sp³-hybridized carbons (Fsp3) is 0.714. The van der Waals surface area contributed by atoms with Gasteiger partial charge in [0.05, 0.1) is 0 Å². The van der Waals surface area contributed by atoms with E-state index in [1.165, 1.54) is 11.1 Å². The van der Waals surface area contributed by atoms with Gasteiger partial charge in [-0.05, 0) is 59.6 Å². The van der Waals surface area contributed by atoms with E-state index >= 15 is 0 Å².